The minimum Gasteiger partial charge on any atom is -0.497 e. The Morgan fingerprint density at radius 1 is 1.36 bits per heavy atom. The van der Waals surface area contributed by atoms with Gasteiger partial charge in [0.25, 0.3) is 0 Å². The van der Waals surface area contributed by atoms with Gasteiger partial charge in [0.2, 0.25) is 5.91 Å². The van der Waals surface area contributed by atoms with Crippen LogP contribution in [0.4, 0.5) is 0 Å². The average molecular weight is 339 g/mol. The van der Waals surface area contributed by atoms with Gasteiger partial charge in [0.1, 0.15) is 5.75 Å². The second kappa shape index (κ2) is 6.90. The van der Waals surface area contributed by atoms with Crippen LogP contribution >= 0.6 is 0 Å². The largest absolute Gasteiger partial charge is 0.497 e. The van der Waals surface area contributed by atoms with Crippen molar-refractivity contribution in [2.24, 2.45) is 0 Å². The molecule has 1 aromatic heterocycles. The van der Waals surface area contributed by atoms with Gasteiger partial charge in [-0.1, -0.05) is 12.1 Å². The van der Waals surface area contributed by atoms with E-state index in [4.69, 9.17) is 4.74 Å². The van der Waals surface area contributed by atoms with E-state index in [0.717, 1.165) is 49.2 Å². The molecule has 5 nitrogen and oxygen atoms in total. The van der Waals surface area contributed by atoms with Crippen molar-refractivity contribution in [3.63, 3.8) is 0 Å². The summed E-state index contributed by atoms with van der Waals surface area (Å²) in [6.45, 7) is 0.847. The fraction of sp³-hybridized carbons (Fsp3) is 0.500. The molecule has 1 aromatic carbocycles. The number of rotatable bonds is 5. The Morgan fingerprint density at radius 3 is 3.04 bits per heavy atom. The van der Waals surface area contributed by atoms with Gasteiger partial charge in [-0.3, -0.25) is 9.89 Å². The number of carbonyl (C=O) groups excluding carboxylic acids is 1. The van der Waals surface area contributed by atoms with E-state index in [1.54, 1.807) is 7.11 Å². The highest BCUT2D eigenvalue weighted by atomic mass is 16.5. The van der Waals surface area contributed by atoms with Gasteiger partial charge < -0.3 is 9.64 Å². The molecule has 1 aliphatic carbocycles. The lowest BCUT2D eigenvalue weighted by atomic mass is 9.92. The van der Waals surface area contributed by atoms with Gasteiger partial charge in [-0.25, -0.2) is 0 Å². The number of amides is 1. The lowest BCUT2D eigenvalue weighted by Gasteiger charge is -2.41. The Hall–Kier alpha value is -2.30. The molecule has 2 heterocycles. The van der Waals surface area contributed by atoms with E-state index in [-0.39, 0.29) is 11.9 Å². The molecule has 2 aromatic rings. The third kappa shape index (κ3) is 3.15. The number of aryl methyl sites for hydroxylation is 2. The van der Waals surface area contributed by atoms with E-state index < -0.39 is 0 Å². The first kappa shape index (κ1) is 16.2. The number of aromatic amines is 1. The predicted molar refractivity (Wildman–Crippen MR) is 95.6 cm³/mol. The van der Waals surface area contributed by atoms with Gasteiger partial charge in [0.05, 0.1) is 18.8 Å². The molecule has 1 N–H and O–H groups in total. The number of hydrogen-bond donors (Lipinski definition) is 1. The quantitative estimate of drug-likeness (QED) is 0.910. The number of benzene rings is 1. The van der Waals surface area contributed by atoms with Crippen molar-refractivity contribution >= 4 is 5.91 Å². The van der Waals surface area contributed by atoms with Crippen LogP contribution in [-0.2, 0) is 24.1 Å². The average Bonchev–Trinajstić information content (AvgIpc) is 3.02. The molecule has 5 heteroatoms. The number of carbonyl (C=O) groups is 1. The molecule has 132 valence electrons. The predicted octanol–water partition coefficient (Wildman–Crippen LogP) is 3.20. The van der Waals surface area contributed by atoms with Crippen molar-refractivity contribution in [1.82, 2.24) is 15.1 Å². The Bertz CT molecular complexity index is 768. The molecule has 2 aliphatic rings. The molecule has 25 heavy (non-hydrogen) atoms. The topological polar surface area (TPSA) is 58.2 Å². The number of ether oxygens (including phenoxy) is 1. The molecule has 0 radical (unpaired) electrons. The molecule has 0 bridgehead atoms. The molecule has 0 saturated carbocycles. The Labute approximate surface area is 148 Å². The number of fused-ring (bicyclic) bond motifs is 1. The van der Waals surface area contributed by atoms with Crippen molar-refractivity contribution in [2.75, 3.05) is 13.7 Å². The smallest absolute Gasteiger partial charge is 0.223 e. The first-order valence-electron chi connectivity index (χ1n) is 9.24. The van der Waals surface area contributed by atoms with Crippen molar-refractivity contribution < 1.29 is 9.53 Å². The Balaban J connectivity index is 1.39. The summed E-state index contributed by atoms with van der Waals surface area (Å²) < 4.78 is 5.30. The van der Waals surface area contributed by atoms with Gasteiger partial charge in [0.15, 0.2) is 0 Å². The fourth-order valence-corrected chi connectivity index (χ4v) is 4.01. The normalized spacial score (nSPS) is 19.2. The zero-order valence-electron chi connectivity index (χ0n) is 14.8. The SMILES string of the molecule is COc1cccc([C@H]2CCN2C(=O)CCc2n[nH]c3c2CCCC3)c1. The van der Waals surface area contributed by atoms with Crippen LogP contribution in [0.2, 0.25) is 0 Å². The molecule has 1 saturated heterocycles. The Morgan fingerprint density at radius 2 is 2.24 bits per heavy atom. The maximum Gasteiger partial charge on any atom is 0.223 e. The third-order valence-electron chi connectivity index (χ3n) is 5.54. The lowest BCUT2D eigenvalue weighted by molar-refractivity contribution is -0.139. The van der Waals surface area contributed by atoms with Crippen LogP contribution in [0.5, 0.6) is 5.75 Å². The minimum absolute atomic E-state index is 0.190. The van der Waals surface area contributed by atoms with E-state index in [9.17, 15) is 4.79 Å². The monoisotopic (exact) mass is 339 g/mol. The summed E-state index contributed by atoms with van der Waals surface area (Å²) in [5.74, 6) is 1.08. The van der Waals surface area contributed by atoms with E-state index in [2.05, 4.69) is 16.3 Å². The molecule has 4 rings (SSSR count). The highest BCUT2D eigenvalue weighted by molar-refractivity contribution is 5.78. The zero-order chi connectivity index (χ0) is 17.2. The maximum atomic E-state index is 12.7. The summed E-state index contributed by atoms with van der Waals surface area (Å²) in [5, 5.41) is 7.63. The van der Waals surface area contributed by atoms with Gasteiger partial charge in [0, 0.05) is 25.1 Å². The molecule has 0 unspecified atom stereocenters. The number of methoxy groups -OCH3 is 1. The van der Waals surface area contributed by atoms with E-state index in [1.165, 1.54) is 24.1 Å². The fourth-order valence-electron chi connectivity index (χ4n) is 4.01. The summed E-state index contributed by atoms with van der Waals surface area (Å²) in [6.07, 6.45) is 6.98. The maximum absolute atomic E-state index is 12.7. The minimum atomic E-state index is 0.190. The van der Waals surface area contributed by atoms with Crippen LogP contribution < -0.4 is 4.74 Å². The van der Waals surface area contributed by atoms with Crippen LogP contribution in [0.15, 0.2) is 24.3 Å². The second-order valence-corrected chi connectivity index (χ2v) is 7.00. The van der Waals surface area contributed by atoms with Crippen LogP contribution in [-0.4, -0.2) is 34.7 Å². The molecule has 1 amide bonds. The van der Waals surface area contributed by atoms with Gasteiger partial charge in [-0.15, -0.1) is 0 Å². The van der Waals surface area contributed by atoms with E-state index >= 15 is 0 Å². The number of nitrogens with zero attached hydrogens (tertiary/aromatic N) is 2. The summed E-state index contributed by atoms with van der Waals surface area (Å²) in [4.78, 5) is 14.7. The van der Waals surface area contributed by atoms with Gasteiger partial charge in [-0.2, -0.15) is 5.10 Å². The molecule has 0 spiro atoms. The van der Waals surface area contributed by atoms with E-state index in [1.807, 2.05) is 23.1 Å². The molecular weight excluding hydrogens is 314 g/mol. The van der Waals surface area contributed by atoms with Gasteiger partial charge >= 0.3 is 0 Å². The molecular formula is C20H25N3O2. The summed E-state index contributed by atoms with van der Waals surface area (Å²) in [5.41, 5.74) is 4.91. The number of nitrogens with one attached hydrogen (secondary N) is 1. The van der Waals surface area contributed by atoms with Crippen LogP contribution in [0.25, 0.3) is 0 Å². The first-order valence-corrected chi connectivity index (χ1v) is 9.24. The summed E-state index contributed by atoms with van der Waals surface area (Å²) >= 11 is 0. The van der Waals surface area contributed by atoms with Crippen molar-refractivity contribution in [1.29, 1.82) is 0 Å². The van der Waals surface area contributed by atoms with Gasteiger partial charge in [-0.05, 0) is 55.4 Å². The van der Waals surface area contributed by atoms with Crippen molar-refractivity contribution in [3.05, 3.63) is 46.8 Å². The summed E-state index contributed by atoms with van der Waals surface area (Å²) in [7, 11) is 1.67. The first-order chi connectivity index (χ1) is 12.3. The Kier molecular flexibility index (Phi) is 4.47. The van der Waals surface area contributed by atoms with Crippen molar-refractivity contribution in [3.8, 4) is 5.75 Å². The number of likely N-dealkylation sites (tertiary alicyclic amines) is 1. The molecule has 1 fully saturated rings. The van der Waals surface area contributed by atoms with Crippen LogP contribution in [0.3, 0.4) is 0 Å². The van der Waals surface area contributed by atoms with Crippen molar-refractivity contribution in [2.45, 2.75) is 51.0 Å². The second-order valence-electron chi connectivity index (χ2n) is 7.00. The highest BCUT2D eigenvalue weighted by Gasteiger charge is 2.33. The molecule has 1 aliphatic heterocycles. The highest BCUT2D eigenvalue weighted by Crippen LogP contribution is 2.35. The van der Waals surface area contributed by atoms with E-state index in [0.29, 0.717) is 6.42 Å². The lowest BCUT2D eigenvalue weighted by Crippen LogP contribution is -2.45. The van der Waals surface area contributed by atoms with Crippen LogP contribution in [0.1, 0.15) is 54.2 Å². The number of aromatic nitrogens is 2. The standard InChI is InChI=1S/C20H25N3O2/c1-25-15-6-4-5-14(13-15)19-11-12-23(19)20(24)10-9-18-16-7-2-3-8-17(16)21-22-18/h4-6,13,19H,2-3,7-12H2,1H3,(H,21,22)/t19-/m1/s1. The van der Waals surface area contributed by atoms with Crippen LogP contribution in [0, 0.1) is 0 Å². The summed E-state index contributed by atoms with van der Waals surface area (Å²) in [6, 6.07) is 8.24. The third-order valence-corrected chi connectivity index (χ3v) is 5.54. The number of hydrogen-bond acceptors (Lipinski definition) is 3. The zero-order valence-corrected chi connectivity index (χ0v) is 14.8. The number of H-pyrrole nitrogens is 1. The molecule has 1 atom stereocenters.